The summed E-state index contributed by atoms with van der Waals surface area (Å²) >= 11 is 6.50. The van der Waals surface area contributed by atoms with E-state index in [4.69, 9.17) is 21.1 Å². The van der Waals surface area contributed by atoms with Crippen molar-refractivity contribution in [3.05, 3.63) is 58.5 Å². The predicted molar refractivity (Wildman–Crippen MR) is 131 cm³/mol. The highest BCUT2D eigenvalue weighted by Gasteiger charge is 2.51. The Morgan fingerprint density at radius 3 is 2.91 bits per heavy atom. The van der Waals surface area contributed by atoms with Crippen LogP contribution in [-0.2, 0) is 16.6 Å². The van der Waals surface area contributed by atoms with Crippen LogP contribution in [0.5, 0.6) is 5.75 Å². The summed E-state index contributed by atoms with van der Waals surface area (Å²) in [6.07, 6.45) is 7.45. The second-order valence-electron chi connectivity index (χ2n) is 9.30. The Balaban J connectivity index is 1.49. The van der Waals surface area contributed by atoms with Crippen LogP contribution in [0.1, 0.15) is 47.8 Å². The first-order chi connectivity index (χ1) is 16.6. The van der Waals surface area contributed by atoms with E-state index in [1.807, 2.05) is 24.3 Å². The molecule has 1 atom stereocenters. The zero-order valence-electron chi connectivity index (χ0n) is 19.0. The third-order valence-electron chi connectivity index (χ3n) is 7.20. The van der Waals surface area contributed by atoms with E-state index in [0.29, 0.717) is 29.5 Å². The van der Waals surface area contributed by atoms with Gasteiger partial charge in [-0.25, -0.2) is 0 Å². The first-order valence-electron chi connectivity index (χ1n) is 11.9. The van der Waals surface area contributed by atoms with Crippen molar-refractivity contribution in [3.8, 4) is 17.0 Å². The van der Waals surface area contributed by atoms with E-state index in [1.54, 1.807) is 12.4 Å². The topological polar surface area (TPSA) is 88.3 Å². The third kappa shape index (κ3) is 3.54. The number of carbonyl (C=O) groups excluding carboxylic acids is 1. The van der Waals surface area contributed by atoms with E-state index >= 15 is 0 Å². The summed E-state index contributed by atoms with van der Waals surface area (Å²) in [5.74, 6) is 0.587. The molecule has 1 amide bonds. The smallest absolute Gasteiger partial charge is 0.255 e. The quantitative estimate of drug-likeness (QED) is 0.445. The number of nitrogens with one attached hydrogen (secondary N) is 3. The molecule has 176 valence electrons. The molecule has 8 heteroatoms. The van der Waals surface area contributed by atoms with Crippen molar-refractivity contribution in [3.63, 3.8) is 0 Å². The lowest BCUT2D eigenvalue weighted by molar-refractivity contribution is -0.0720. The number of aromatic amines is 1. The summed E-state index contributed by atoms with van der Waals surface area (Å²) in [5, 5.41) is 7.38. The zero-order valence-corrected chi connectivity index (χ0v) is 19.8. The Labute approximate surface area is 203 Å². The Hall–Kier alpha value is -3.03. The Morgan fingerprint density at radius 1 is 1.32 bits per heavy atom. The zero-order chi connectivity index (χ0) is 23.3. The molecule has 2 aromatic heterocycles. The Morgan fingerprint density at radius 2 is 2.18 bits per heavy atom. The lowest BCUT2D eigenvalue weighted by atomic mass is 9.93. The van der Waals surface area contributed by atoms with Crippen molar-refractivity contribution in [1.82, 2.24) is 15.3 Å². The van der Waals surface area contributed by atoms with Crippen LogP contribution in [0, 0.1) is 0 Å². The maximum absolute atomic E-state index is 13.2. The predicted octanol–water partition coefficient (Wildman–Crippen LogP) is 4.98. The van der Waals surface area contributed by atoms with Crippen molar-refractivity contribution in [2.45, 2.75) is 44.1 Å². The first-order valence-corrected chi connectivity index (χ1v) is 12.3. The number of H-pyrrole nitrogens is 1. The van der Waals surface area contributed by atoms with E-state index in [1.165, 1.54) is 0 Å². The molecule has 1 aliphatic carbocycles. The van der Waals surface area contributed by atoms with Gasteiger partial charge in [-0.1, -0.05) is 24.6 Å². The molecule has 4 heterocycles. The van der Waals surface area contributed by atoms with Gasteiger partial charge in [-0.3, -0.25) is 9.78 Å². The van der Waals surface area contributed by atoms with Gasteiger partial charge in [-0.15, -0.1) is 0 Å². The van der Waals surface area contributed by atoms with Gasteiger partial charge >= 0.3 is 0 Å². The molecular weight excluding hydrogens is 452 g/mol. The SMILES string of the molecule is CCc1c(Cl)cccc1Nc1c(-c2ccncc2OC[C@H]2CCO2)[nH]c2c1C(=O)NCC21CC1. The van der Waals surface area contributed by atoms with Crippen molar-refractivity contribution < 1.29 is 14.3 Å². The average molecular weight is 479 g/mol. The number of rotatable bonds is 7. The molecular formula is C26H27ClN4O3. The fourth-order valence-corrected chi connectivity index (χ4v) is 5.23. The van der Waals surface area contributed by atoms with Crippen LogP contribution in [0.4, 0.5) is 11.4 Å². The second kappa shape index (κ2) is 8.32. The molecule has 0 unspecified atom stereocenters. The fraction of sp³-hybridized carbons (Fsp3) is 0.385. The number of hydrogen-bond acceptors (Lipinski definition) is 5. The minimum Gasteiger partial charge on any atom is -0.489 e. The highest BCUT2D eigenvalue weighted by Crippen LogP contribution is 2.54. The van der Waals surface area contributed by atoms with Crippen molar-refractivity contribution in [2.24, 2.45) is 0 Å². The minimum absolute atomic E-state index is 0.0202. The van der Waals surface area contributed by atoms with Crippen LogP contribution in [-0.4, -0.2) is 41.7 Å². The highest BCUT2D eigenvalue weighted by atomic mass is 35.5. The number of pyridine rings is 1. The number of benzene rings is 1. The van der Waals surface area contributed by atoms with Gasteiger partial charge in [-0.05, 0) is 43.0 Å². The van der Waals surface area contributed by atoms with Gasteiger partial charge in [0.25, 0.3) is 5.91 Å². The van der Waals surface area contributed by atoms with Gasteiger partial charge in [0, 0.05) is 53.2 Å². The summed E-state index contributed by atoms with van der Waals surface area (Å²) < 4.78 is 11.7. The van der Waals surface area contributed by atoms with Crippen LogP contribution in [0.3, 0.4) is 0 Å². The summed E-state index contributed by atoms with van der Waals surface area (Å²) in [5.41, 5.74) is 5.97. The largest absolute Gasteiger partial charge is 0.489 e. The number of fused-ring (bicyclic) bond motifs is 2. The van der Waals surface area contributed by atoms with E-state index in [0.717, 1.165) is 66.2 Å². The molecule has 3 aromatic rings. The van der Waals surface area contributed by atoms with Gasteiger partial charge in [-0.2, -0.15) is 0 Å². The van der Waals surface area contributed by atoms with E-state index in [9.17, 15) is 4.79 Å². The molecule has 0 radical (unpaired) electrons. The number of halogens is 1. The van der Waals surface area contributed by atoms with Crippen molar-refractivity contribution >= 4 is 28.9 Å². The molecule has 34 heavy (non-hydrogen) atoms. The molecule has 0 bridgehead atoms. The van der Waals surface area contributed by atoms with Gasteiger partial charge in [0.1, 0.15) is 12.4 Å². The van der Waals surface area contributed by atoms with E-state index in [-0.39, 0.29) is 17.4 Å². The maximum atomic E-state index is 13.2. The molecule has 1 aromatic carbocycles. The number of anilines is 2. The van der Waals surface area contributed by atoms with Gasteiger partial charge < -0.3 is 25.1 Å². The number of aromatic nitrogens is 2. The number of hydrogen-bond donors (Lipinski definition) is 3. The normalized spacial score (nSPS) is 19.8. The number of ether oxygens (including phenoxy) is 2. The lowest BCUT2D eigenvalue weighted by Crippen LogP contribution is -2.39. The number of amides is 1. The van der Waals surface area contributed by atoms with Crippen LogP contribution in [0.15, 0.2) is 36.7 Å². The Bertz CT molecular complexity index is 1260. The third-order valence-corrected chi connectivity index (χ3v) is 7.56. The molecule has 1 saturated heterocycles. The molecule has 3 N–H and O–H groups in total. The number of nitrogens with zero attached hydrogens (tertiary/aromatic N) is 1. The Kier molecular flexibility index (Phi) is 5.26. The van der Waals surface area contributed by atoms with Crippen LogP contribution < -0.4 is 15.4 Å². The standard InChI is InChI=1S/C26H27ClN4O3/c1-2-16-18(27)4-3-5-19(16)30-23-21-24(26(8-9-26)14-29-25(21)32)31-22(23)17-6-10-28-12-20(17)34-13-15-7-11-33-15/h3-6,10,12,15,30-31H,2,7-9,11,13-14H2,1H3,(H,29,32)/t15-/m1/s1. The van der Waals surface area contributed by atoms with Crippen LogP contribution in [0.25, 0.3) is 11.3 Å². The number of carbonyl (C=O) groups is 1. The molecule has 7 nitrogen and oxygen atoms in total. The summed E-state index contributed by atoms with van der Waals surface area (Å²) in [4.78, 5) is 21.1. The van der Waals surface area contributed by atoms with Gasteiger partial charge in [0.05, 0.1) is 29.2 Å². The monoisotopic (exact) mass is 478 g/mol. The minimum atomic E-state index is -0.0722. The molecule has 6 rings (SSSR count). The van der Waals surface area contributed by atoms with Crippen LogP contribution in [0.2, 0.25) is 5.02 Å². The van der Waals surface area contributed by atoms with Crippen molar-refractivity contribution in [1.29, 1.82) is 0 Å². The van der Waals surface area contributed by atoms with Gasteiger partial charge in [0.15, 0.2) is 0 Å². The lowest BCUT2D eigenvalue weighted by Gasteiger charge is -2.26. The molecule has 1 spiro atoms. The first kappa shape index (κ1) is 21.5. The second-order valence-corrected chi connectivity index (χ2v) is 9.70. The van der Waals surface area contributed by atoms with Crippen LogP contribution >= 0.6 is 11.6 Å². The highest BCUT2D eigenvalue weighted by molar-refractivity contribution is 6.31. The average Bonchev–Trinajstić information content (AvgIpc) is 3.49. The van der Waals surface area contributed by atoms with Crippen molar-refractivity contribution in [2.75, 3.05) is 25.1 Å². The molecule has 2 fully saturated rings. The fourth-order valence-electron chi connectivity index (χ4n) is 4.93. The molecule has 2 aliphatic heterocycles. The summed E-state index contributed by atoms with van der Waals surface area (Å²) in [7, 11) is 0. The maximum Gasteiger partial charge on any atom is 0.255 e. The molecule has 3 aliphatic rings. The van der Waals surface area contributed by atoms with E-state index < -0.39 is 0 Å². The van der Waals surface area contributed by atoms with E-state index in [2.05, 4.69) is 27.5 Å². The summed E-state index contributed by atoms with van der Waals surface area (Å²) in [6.45, 7) is 3.99. The summed E-state index contributed by atoms with van der Waals surface area (Å²) in [6, 6.07) is 7.74. The van der Waals surface area contributed by atoms with Gasteiger partial charge in [0.2, 0.25) is 0 Å². The molecule has 1 saturated carbocycles.